The molecule has 8 nitrogen and oxygen atoms in total. The predicted molar refractivity (Wildman–Crippen MR) is 88.1 cm³/mol. The number of nitrogen functional groups attached to an aromatic ring is 1. The molecule has 1 fully saturated rings. The monoisotopic (exact) mass is 310 g/mol. The van der Waals surface area contributed by atoms with E-state index in [-0.39, 0.29) is 0 Å². The number of nitrogens with one attached hydrogen (secondary N) is 2. The lowest BCUT2D eigenvalue weighted by molar-refractivity contribution is 0.787. The number of aryl methyl sites for hydroxylation is 1. The molecule has 0 bridgehead atoms. The Balaban J connectivity index is 1.74. The molecule has 0 radical (unpaired) electrons. The predicted octanol–water partition coefficient (Wildman–Crippen LogP) is 0.851. The Morgan fingerprint density at radius 1 is 1.35 bits per heavy atom. The third-order valence-corrected chi connectivity index (χ3v) is 3.96. The normalized spacial score (nSPS) is 17.7. The second-order valence-corrected chi connectivity index (χ2v) is 5.78. The number of rotatable bonds is 3. The van der Waals surface area contributed by atoms with Gasteiger partial charge < -0.3 is 16.4 Å². The summed E-state index contributed by atoms with van der Waals surface area (Å²) in [6, 6.07) is 2.28. The molecule has 8 heteroatoms. The molecule has 118 valence electrons. The molecule has 1 saturated heterocycles. The molecule has 1 unspecified atom stereocenters. The van der Waals surface area contributed by atoms with Crippen LogP contribution in [-0.2, 0) is 0 Å². The fourth-order valence-corrected chi connectivity index (χ4v) is 2.85. The van der Waals surface area contributed by atoms with Crippen LogP contribution in [0, 0.1) is 6.92 Å². The summed E-state index contributed by atoms with van der Waals surface area (Å²) in [5, 5.41) is 11.1. The lowest BCUT2D eigenvalue weighted by Gasteiger charge is -2.12. The standard InChI is InChI=1S/C15H18N8/c1-9-5-18-15-13(14(16)22-23(15)7-9)11-4-12(20-8-19-11)21-10-2-3-17-6-10/h4-5,7-8,10,17H,2-3,6H2,1H3,(H2,16,22)(H,19,20,21). The van der Waals surface area contributed by atoms with Crippen molar-refractivity contribution in [3.8, 4) is 11.3 Å². The van der Waals surface area contributed by atoms with Gasteiger partial charge in [-0.25, -0.2) is 19.5 Å². The molecule has 0 aromatic carbocycles. The second-order valence-electron chi connectivity index (χ2n) is 5.78. The molecule has 0 amide bonds. The highest BCUT2D eigenvalue weighted by Gasteiger charge is 2.18. The Hall–Kier alpha value is -2.74. The number of nitrogens with zero attached hydrogens (tertiary/aromatic N) is 5. The van der Waals surface area contributed by atoms with Crippen molar-refractivity contribution in [3.05, 3.63) is 30.4 Å². The van der Waals surface area contributed by atoms with Gasteiger partial charge in [0.15, 0.2) is 11.5 Å². The Morgan fingerprint density at radius 3 is 3.09 bits per heavy atom. The Morgan fingerprint density at radius 2 is 2.26 bits per heavy atom. The van der Waals surface area contributed by atoms with Crippen LogP contribution in [0.2, 0.25) is 0 Å². The van der Waals surface area contributed by atoms with Crippen molar-refractivity contribution in [2.24, 2.45) is 0 Å². The molecule has 4 heterocycles. The van der Waals surface area contributed by atoms with Gasteiger partial charge in [0.25, 0.3) is 0 Å². The van der Waals surface area contributed by atoms with Crippen molar-refractivity contribution in [2.75, 3.05) is 24.1 Å². The first-order valence-electron chi connectivity index (χ1n) is 7.61. The van der Waals surface area contributed by atoms with E-state index in [1.807, 2.05) is 19.2 Å². The number of anilines is 2. The van der Waals surface area contributed by atoms with Crippen molar-refractivity contribution < 1.29 is 0 Å². The van der Waals surface area contributed by atoms with Crippen molar-refractivity contribution in [1.29, 1.82) is 0 Å². The van der Waals surface area contributed by atoms with E-state index >= 15 is 0 Å². The maximum absolute atomic E-state index is 6.09. The van der Waals surface area contributed by atoms with E-state index in [1.165, 1.54) is 6.33 Å². The first-order chi connectivity index (χ1) is 11.2. The number of nitrogens with two attached hydrogens (primary N) is 1. The van der Waals surface area contributed by atoms with E-state index < -0.39 is 0 Å². The number of aromatic nitrogens is 5. The average molecular weight is 310 g/mol. The van der Waals surface area contributed by atoms with Gasteiger partial charge in [-0.3, -0.25) is 0 Å². The van der Waals surface area contributed by atoms with Gasteiger partial charge in [0, 0.05) is 31.0 Å². The summed E-state index contributed by atoms with van der Waals surface area (Å²) < 4.78 is 1.69. The number of hydrogen-bond donors (Lipinski definition) is 3. The van der Waals surface area contributed by atoms with Gasteiger partial charge in [-0.15, -0.1) is 5.10 Å². The SMILES string of the molecule is Cc1cnc2c(-c3cc(NC4CCNC4)ncn3)c(N)nn2c1. The average Bonchev–Trinajstić information content (AvgIpc) is 3.14. The first-order valence-corrected chi connectivity index (χ1v) is 7.61. The van der Waals surface area contributed by atoms with E-state index in [9.17, 15) is 0 Å². The van der Waals surface area contributed by atoms with Crippen molar-refractivity contribution in [3.63, 3.8) is 0 Å². The van der Waals surface area contributed by atoms with Crippen LogP contribution >= 0.6 is 0 Å². The highest BCUT2D eigenvalue weighted by molar-refractivity contribution is 5.84. The second kappa shape index (κ2) is 5.47. The molecular weight excluding hydrogens is 292 g/mol. The highest BCUT2D eigenvalue weighted by atomic mass is 15.3. The van der Waals surface area contributed by atoms with Gasteiger partial charge in [0.1, 0.15) is 12.1 Å². The lowest BCUT2D eigenvalue weighted by Crippen LogP contribution is -2.22. The van der Waals surface area contributed by atoms with E-state index in [1.54, 1.807) is 10.7 Å². The van der Waals surface area contributed by atoms with Crippen LogP contribution in [0.15, 0.2) is 24.8 Å². The van der Waals surface area contributed by atoms with Gasteiger partial charge in [-0.2, -0.15) is 0 Å². The first kappa shape index (κ1) is 13.9. The molecule has 1 aliphatic rings. The summed E-state index contributed by atoms with van der Waals surface area (Å²) in [7, 11) is 0. The van der Waals surface area contributed by atoms with Crippen LogP contribution in [0.3, 0.4) is 0 Å². The maximum atomic E-state index is 6.09. The molecule has 4 rings (SSSR count). The Labute approximate surface area is 133 Å². The van der Waals surface area contributed by atoms with Crippen LogP contribution in [0.5, 0.6) is 0 Å². The third kappa shape index (κ3) is 2.57. The van der Waals surface area contributed by atoms with Crippen LogP contribution in [0.25, 0.3) is 16.9 Å². The molecule has 4 N–H and O–H groups in total. The molecule has 0 aliphatic carbocycles. The van der Waals surface area contributed by atoms with Crippen LogP contribution in [0.4, 0.5) is 11.6 Å². The fourth-order valence-electron chi connectivity index (χ4n) is 2.85. The van der Waals surface area contributed by atoms with Crippen LogP contribution in [-0.4, -0.2) is 43.7 Å². The molecular formula is C15H18N8. The maximum Gasteiger partial charge on any atom is 0.166 e. The smallest absolute Gasteiger partial charge is 0.166 e. The van der Waals surface area contributed by atoms with Crippen LogP contribution < -0.4 is 16.4 Å². The van der Waals surface area contributed by atoms with Crippen LogP contribution in [0.1, 0.15) is 12.0 Å². The number of hydrogen-bond acceptors (Lipinski definition) is 7. The molecule has 3 aromatic rings. The minimum atomic E-state index is 0.389. The Bertz CT molecular complexity index is 850. The van der Waals surface area contributed by atoms with Gasteiger partial charge >= 0.3 is 0 Å². The fraction of sp³-hybridized carbons (Fsp3) is 0.333. The molecule has 1 aliphatic heterocycles. The molecule has 1 atom stereocenters. The van der Waals surface area contributed by atoms with E-state index in [0.717, 1.165) is 42.1 Å². The minimum Gasteiger partial charge on any atom is -0.382 e. The van der Waals surface area contributed by atoms with E-state index in [4.69, 9.17) is 5.73 Å². The summed E-state index contributed by atoms with van der Waals surface area (Å²) in [6.07, 6.45) is 6.31. The van der Waals surface area contributed by atoms with Crippen molar-refractivity contribution >= 4 is 17.3 Å². The number of fused-ring (bicyclic) bond motifs is 1. The molecule has 0 saturated carbocycles. The van der Waals surface area contributed by atoms with Gasteiger partial charge in [-0.1, -0.05) is 0 Å². The highest BCUT2D eigenvalue weighted by Crippen LogP contribution is 2.28. The lowest BCUT2D eigenvalue weighted by atomic mass is 10.2. The minimum absolute atomic E-state index is 0.389. The van der Waals surface area contributed by atoms with Crippen molar-refractivity contribution in [1.82, 2.24) is 29.9 Å². The van der Waals surface area contributed by atoms with E-state index in [2.05, 4.69) is 30.7 Å². The zero-order chi connectivity index (χ0) is 15.8. The summed E-state index contributed by atoms with van der Waals surface area (Å²) in [5.74, 6) is 1.20. The zero-order valence-electron chi connectivity index (χ0n) is 12.8. The summed E-state index contributed by atoms with van der Waals surface area (Å²) in [5.41, 5.74) is 9.26. The molecule has 3 aromatic heterocycles. The van der Waals surface area contributed by atoms with Gasteiger partial charge in [0.2, 0.25) is 0 Å². The Kier molecular flexibility index (Phi) is 3.30. The summed E-state index contributed by atoms with van der Waals surface area (Å²) in [6.45, 7) is 3.94. The van der Waals surface area contributed by atoms with Gasteiger partial charge in [-0.05, 0) is 25.5 Å². The summed E-state index contributed by atoms with van der Waals surface area (Å²) >= 11 is 0. The molecule has 23 heavy (non-hydrogen) atoms. The topological polar surface area (TPSA) is 106 Å². The largest absolute Gasteiger partial charge is 0.382 e. The summed E-state index contributed by atoms with van der Waals surface area (Å²) in [4.78, 5) is 13.1. The third-order valence-electron chi connectivity index (χ3n) is 3.96. The van der Waals surface area contributed by atoms with E-state index in [0.29, 0.717) is 17.5 Å². The van der Waals surface area contributed by atoms with Crippen molar-refractivity contribution in [2.45, 2.75) is 19.4 Å². The molecule has 0 spiro atoms. The zero-order valence-corrected chi connectivity index (χ0v) is 12.8. The van der Waals surface area contributed by atoms with Gasteiger partial charge in [0.05, 0.1) is 11.3 Å². The quantitative estimate of drug-likeness (QED) is 0.658.